The van der Waals surface area contributed by atoms with Crippen molar-refractivity contribution in [3.8, 4) is 0 Å². The highest BCUT2D eigenvalue weighted by Gasteiger charge is 2.61. The molecule has 4 rings (SSSR count). The Kier molecular flexibility index (Phi) is 18.0. The summed E-state index contributed by atoms with van der Waals surface area (Å²) in [5.41, 5.74) is 18.5. The molecule has 1 heterocycles. The van der Waals surface area contributed by atoms with E-state index < -0.39 is 74.7 Å². The fraction of sp³-hybridized carbons (Fsp3) is 0.610. The number of benzene rings is 2. The number of nitrogens with one attached hydrogen (secondary N) is 1. The number of nitrogens with two attached hydrogens (primary N) is 3. The number of hydrogen-bond donors (Lipinski definition) is 5. The van der Waals surface area contributed by atoms with Crippen LogP contribution in [0.1, 0.15) is 102 Å². The van der Waals surface area contributed by atoms with Crippen LogP contribution in [0, 0.1) is 23.7 Å². The molecular weight excluding hydrogens is 739 g/mol. The first kappa shape index (κ1) is 48.6. The highest BCUT2D eigenvalue weighted by Crippen LogP contribution is 2.50. The van der Waals surface area contributed by atoms with Gasteiger partial charge in [-0.25, -0.2) is 8.42 Å². The van der Waals surface area contributed by atoms with Crippen molar-refractivity contribution in [3.05, 3.63) is 65.2 Å². The van der Waals surface area contributed by atoms with Crippen molar-refractivity contribution < 1.29 is 43.7 Å². The van der Waals surface area contributed by atoms with Crippen LogP contribution in [0.3, 0.4) is 0 Å². The molecule has 1 fully saturated rings. The van der Waals surface area contributed by atoms with Gasteiger partial charge in [0.2, 0.25) is 17.7 Å². The topological polar surface area (TPSA) is 279 Å². The number of Topliss-reactive ketones (excluding diaryl/α,β-unsaturated/α-hetero) is 1. The zero-order valence-electron chi connectivity index (χ0n) is 33.5. The van der Waals surface area contributed by atoms with Gasteiger partial charge < -0.3 is 38.6 Å². The first-order valence-electron chi connectivity index (χ1n) is 19.4. The number of hydrogen-bond acceptors (Lipinski definition) is 10. The Morgan fingerprint density at radius 1 is 0.929 bits per heavy atom. The summed E-state index contributed by atoms with van der Waals surface area (Å²) in [6, 6.07) is 11.0. The molecule has 6 atom stereocenters. The largest absolute Gasteiger partial charge is 0.412 e. The molecule has 0 spiro atoms. The number of nitrogens with zero attached hydrogens (tertiary/aromatic N) is 1. The van der Waals surface area contributed by atoms with E-state index in [1.807, 2.05) is 33.8 Å². The van der Waals surface area contributed by atoms with Crippen LogP contribution < -0.4 is 22.5 Å². The number of aliphatic hydroxyl groups excluding tert-OH is 1. The van der Waals surface area contributed by atoms with Crippen LogP contribution in [0.5, 0.6) is 0 Å². The van der Waals surface area contributed by atoms with E-state index in [0.29, 0.717) is 12.1 Å². The Bertz CT molecular complexity index is 1750. The summed E-state index contributed by atoms with van der Waals surface area (Å²) in [4.78, 5) is 59.3. The molecule has 1 aliphatic heterocycles. The van der Waals surface area contributed by atoms with Crippen LogP contribution in [0.25, 0.3) is 0 Å². The number of carbonyl (C=O) groups is 4. The van der Waals surface area contributed by atoms with Crippen LogP contribution in [0.2, 0.25) is 0 Å². The zero-order valence-corrected chi connectivity index (χ0v) is 34.3. The maximum Gasteiger partial charge on any atom is 0.247 e. The summed E-state index contributed by atoms with van der Waals surface area (Å²) < 4.78 is 28.2. The molecule has 0 radical (unpaired) electrons. The van der Waals surface area contributed by atoms with E-state index in [0.717, 1.165) is 42.6 Å². The summed E-state index contributed by atoms with van der Waals surface area (Å²) in [5.74, 6) is -6.37. The minimum atomic E-state index is -4.05. The average Bonchev–Trinajstić information content (AvgIpc) is 3.41. The minimum absolute atomic E-state index is 0. The molecule has 2 aromatic rings. The van der Waals surface area contributed by atoms with E-state index in [4.69, 9.17) is 17.2 Å². The van der Waals surface area contributed by atoms with Gasteiger partial charge in [-0.2, -0.15) is 0 Å². The van der Waals surface area contributed by atoms with Crippen LogP contribution in [-0.2, 0) is 42.0 Å². The molecular formula is C41H65N5O9S. The summed E-state index contributed by atoms with van der Waals surface area (Å²) in [6.45, 7) is 9.03. The molecule has 15 heteroatoms. The lowest BCUT2D eigenvalue weighted by atomic mass is 9.65. The maximum absolute atomic E-state index is 16.0. The highest BCUT2D eigenvalue weighted by atomic mass is 32.2. The lowest BCUT2D eigenvalue weighted by Crippen LogP contribution is -2.68. The van der Waals surface area contributed by atoms with E-state index in [1.165, 1.54) is 13.0 Å². The van der Waals surface area contributed by atoms with Crippen LogP contribution >= 0.6 is 0 Å². The van der Waals surface area contributed by atoms with Gasteiger partial charge in [0, 0.05) is 31.8 Å². The first-order chi connectivity index (χ1) is 25.4. The average molecular weight is 804 g/mol. The van der Waals surface area contributed by atoms with Crippen LogP contribution in [-0.4, -0.2) is 88.9 Å². The lowest BCUT2D eigenvalue weighted by molar-refractivity contribution is -0.164. The Labute approximate surface area is 331 Å². The van der Waals surface area contributed by atoms with Gasteiger partial charge in [-0.05, 0) is 59.8 Å². The van der Waals surface area contributed by atoms with Gasteiger partial charge in [0.15, 0.2) is 15.6 Å². The lowest BCUT2D eigenvalue weighted by Gasteiger charge is -2.49. The van der Waals surface area contributed by atoms with E-state index >= 15 is 4.79 Å². The van der Waals surface area contributed by atoms with Gasteiger partial charge in [-0.1, -0.05) is 102 Å². The second-order valence-corrected chi connectivity index (χ2v) is 18.3. The van der Waals surface area contributed by atoms with Gasteiger partial charge in [-0.15, -0.1) is 0 Å². The number of ketones is 1. The molecule has 56 heavy (non-hydrogen) atoms. The van der Waals surface area contributed by atoms with Gasteiger partial charge in [0.05, 0.1) is 22.8 Å². The molecule has 2 unspecified atom stereocenters. The predicted octanol–water partition coefficient (Wildman–Crippen LogP) is 1.71. The Morgan fingerprint density at radius 2 is 1.55 bits per heavy atom. The van der Waals surface area contributed by atoms with Gasteiger partial charge in [0.25, 0.3) is 0 Å². The second-order valence-electron chi connectivity index (χ2n) is 16.3. The SMILES string of the molecule is CC(=O)N(C(=O)[C@@H](N)Cc1ccccc1)[C@](CC(C)C)(C(=O)[C@@H](CC1CCCCC1)[C@H](O)C(N)C(=O)NCC(C)C)C1CS(=O)(=O)c2cc(CN)ccc21.O.O. The standard InChI is InChI=1S/C41H61N5O7S.2H2O/c1-25(2)21-41(33-24-54(52,53)35-20-30(22-42)16-17-31(33)35,46(27(5)47)40(51)34(43)19-29-14-10-7-11-15-29)38(49)32(18-28-12-8-6-9-13-28)37(48)36(44)39(50)45-23-26(3)4;;/h7,10-11,14-17,20,25-26,28,32-34,36-37,48H,6,8-9,12-13,18-19,21-24,42-44H2,1-5H3,(H,45,50);2*1H2/t32-,33?,34-,36?,37-,41-;;/m0../s1. The van der Waals surface area contributed by atoms with Crippen molar-refractivity contribution in [2.75, 3.05) is 12.3 Å². The van der Waals surface area contributed by atoms with E-state index in [2.05, 4.69) is 5.32 Å². The molecule has 14 nitrogen and oxygen atoms in total. The van der Waals surface area contributed by atoms with E-state index in [9.17, 15) is 27.9 Å². The first-order valence-corrected chi connectivity index (χ1v) is 21.0. The van der Waals surface area contributed by atoms with Crippen molar-refractivity contribution >= 4 is 33.3 Å². The molecule has 314 valence electrons. The molecule has 0 saturated heterocycles. The summed E-state index contributed by atoms with van der Waals surface area (Å²) in [7, 11) is -4.05. The van der Waals surface area contributed by atoms with E-state index in [1.54, 1.807) is 36.4 Å². The monoisotopic (exact) mass is 803 g/mol. The van der Waals surface area contributed by atoms with Gasteiger partial charge >= 0.3 is 0 Å². The predicted molar refractivity (Wildman–Crippen MR) is 216 cm³/mol. The van der Waals surface area contributed by atoms with Crippen molar-refractivity contribution in [1.82, 2.24) is 10.2 Å². The molecule has 2 aliphatic rings. The molecule has 2 aromatic carbocycles. The molecule has 0 bridgehead atoms. The number of imide groups is 1. The smallest absolute Gasteiger partial charge is 0.247 e. The number of amides is 3. The van der Waals surface area contributed by atoms with Crippen molar-refractivity contribution in [2.45, 2.75) is 127 Å². The third-order valence-corrected chi connectivity index (χ3v) is 12.9. The molecule has 0 aromatic heterocycles. The van der Waals surface area contributed by atoms with Crippen molar-refractivity contribution in [2.24, 2.45) is 40.9 Å². The summed E-state index contributed by atoms with van der Waals surface area (Å²) >= 11 is 0. The number of aliphatic hydroxyl groups is 1. The number of sulfone groups is 1. The van der Waals surface area contributed by atoms with E-state index in [-0.39, 0.29) is 65.0 Å². The normalized spacial score (nSPS) is 19.7. The fourth-order valence-corrected chi connectivity index (χ4v) is 10.5. The summed E-state index contributed by atoms with van der Waals surface area (Å²) in [5, 5.41) is 14.9. The number of fused-ring (bicyclic) bond motifs is 1. The Balaban J connectivity index is 0.00000541. The highest BCUT2D eigenvalue weighted by molar-refractivity contribution is 7.91. The number of rotatable bonds is 17. The van der Waals surface area contributed by atoms with Crippen LogP contribution in [0.15, 0.2) is 53.4 Å². The summed E-state index contributed by atoms with van der Waals surface area (Å²) in [6.07, 6.45) is 2.77. The fourth-order valence-electron chi connectivity index (χ4n) is 8.54. The molecule has 1 aliphatic carbocycles. The third kappa shape index (κ3) is 10.9. The van der Waals surface area contributed by atoms with Crippen molar-refractivity contribution in [3.63, 3.8) is 0 Å². The molecule has 3 amide bonds. The minimum Gasteiger partial charge on any atom is -0.412 e. The second kappa shape index (κ2) is 20.7. The zero-order chi connectivity index (χ0) is 40.0. The van der Waals surface area contributed by atoms with Gasteiger partial charge in [0.1, 0.15) is 11.6 Å². The van der Waals surface area contributed by atoms with Crippen LogP contribution in [0.4, 0.5) is 0 Å². The molecule has 12 N–H and O–H groups in total. The molecule has 1 saturated carbocycles. The quantitative estimate of drug-likeness (QED) is 0.154. The maximum atomic E-state index is 16.0. The third-order valence-electron chi connectivity index (χ3n) is 11.1. The van der Waals surface area contributed by atoms with Crippen molar-refractivity contribution in [1.29, 1.82) is 0 Å². The Morgan fingerprint density at radius 3 is 2.11 bits per heavy atom. The van der Waals surface area contributed by atoms with Gasteiger partial charge in [-0.3, -0.25) is 24.1 Å². The Hall–Kier alpha value is -3.57. The number of carbonyl (C=O) groups excluding carboxylic acids is 4.